The van der Waals surface area contributed by atoms with E-state index in [-0.39, 0.29) is 34.1 Å². The molecule has 0 fully saturated rings. The first-order valence-electron chi connectivity index (χ1n) is 28.6. The molecule has 0 bridgehead atoms. The van der Waals surface area contributed by atoms with Crippen LogP contribution >= 0.6 is 48.9 Å². The average molecular weight is 1510 g/mol. The molecule has 16 aromatic rings. The molecule has 28 nitrogen and oxygen atoms in total. The summed E-state index contributed by atoms with van der Waals surface area (Å²) in [4.78, 5) is 0. The summed E-state index contributed by atoms with van der Waals surface area (Å²) < 4.78 is 14.9. The molecule has 0 unspecified atom stereocenters. The van der Waals surface area contributed by atoms with Crippen molar-refractivity contribution in [3.63, 3.8) is 0 Å². The Labute approximate surface area is 628 Å². The number of isothiocyanates is 4. The first-order valence-corrected chi connectivity index (χ1v) is 30.3. The Morgan fingerprint density at radius 1 is 0.167 bits per heavy atom. The van der Waals surface area contributed by atoms with Crippen LogP contribution in [0.2, 0.25) is 0 Å². The zero-order valence-electron chi connectivity index (χ0n) is 53.2. The van der Waals surface area contributed by atoms with Gasteiger partial charge >= 0.3 is 34.1 Å². The monoisotopic (exact) mass is 1500 g/mol. The normalized spacial score (nSPS) is 8.78. The van der Waals surface area contributed by atoms with E-state index in [2.05, 4.69) is 130 Å². The summed E-state index contributed by atoms with van der Waals surface area (Å²) in [6.07, 6.45) is 26.8. The van der Waals surface area contributed by atoms with Gasteiger partial charge in [0, 0.05) is 45.5 Å². The van der Waals surface area contributed by atoms with Crippen molar-refractivity contribution in [1.29, 1.82) is 0 Å². The molecule has 0 N–H and O–H groups in total. The number of benzene rings is 8. The molecule has 102 heavy (non-hydrogen) atoms. The molecule has 8 aromatic heterocycles. The molecule has 0 saturated heterocycles. The summed E-state index contributed by atoms with van der Waals surface area (Å²) >= 11 is 14.8. The quantitative estimate of drug-likeness (QED) is 0.0774. The van der Waals surface area contributed by atoms with Crippen LogP contribution < -0.4 is 0 Å². The molecule has 0 aliphatic rings. The molecule has 0 aliphatic carbocycles. The Balaban J connectivity index is 0.000000295. The van der Waals surface area contributed by atoms with E-state index >= 15 is 0 Å². The van der Waals surface area contributed by atoms with Gasteiger partial charge in [-0.2, -0.15) is 20.6 Å². The maximum atomic E-state index is 7.13. The van der Waals surface area contributed by atoms with Crippen LogP contribution in [0, 0.1) is 0 Å². The summed E-state index contributed by atoms with van der Waals surface area (Å²) in [5, 5.41) is 93.3. The Bertz CT molecular complexity index is 3760. The minimum Gasteiger partial charge on any atom is -0.753 e. The van der Waals surface area contributed by atoms with Gasteiger partial charge in [0.05, 0.1) is 0 Å². The van der Waals surface area contributed by atoms with E-state index in [1.54, 1.807) is 101 Å². The standard InChI is InChI=1S/8C8H7N3.4CNS.2Fe/c8*1-2-4-8(5-3-1)11-6-9-10-7-11;4*2-1-3;;/h8*1-7H;;;;;;/q;;;;;;;;4*-1;2*+2. The van der Waals surface area contributed by atoms with Crippen LogP contribution in [0.5, 0.6) is 0 Å². The number of nitrogens with zero attached hydrogens (tertiary/aromatic N) is 28. The largest absolute Gasteiger partial charge is 2.00 e. The number of thiocarbonyl (C=S) groups is 4. The molecule has 0 aliphatic heterocycles. The second-order valence-electron chi connectivity index (χ2n) is 18.0. The van der Waals surface area contributed by atoms with Crippen LogP contribution in [0.15, 0.2) is 344 Å². The van der Waals surface area contributed by atoms with E-state index in [0.29, 0.717) is 0 Å². The van der Waals surface area contributed by atoms with Crippen molar-refractivity contribution < 1.29 is 34.1 Å². The van der Waals surface area contributed by atoms with Gasteiger partial charge in [0.25, 0.3) is 0 Å². The van der Waals surface area contributed by atoms with E-state index in [9.17, 15) is 0 Å². The number of hydrogen-bond acceptors (Lipinski definition) is 20. The SMILES string of the molecule is [Fe+2].[Fe+2].[N-]=C=S.[N-]=C=S.[N-]=C=S.[N-]=C=S.c1ccc(-n2cnnc2)cc1.c1ccc(-n2cnnc2)cc1.c1ccc(-n2cnnc2)cc1.c1ccc(-n2cnnc2)cc1.c1ccc(-n2cnnc2)cc1.c1ccc(-n2cnnc2)cc1.c1ccc(-n2cnnc2)cc1.c1ccc(-n2cnnc2)cc1. The predicted octanol–water partition coefficient (Wildman–Crippen LogP) is 12.8. The maximum Gasteiger partial charge on any atom is 2.00 e. The Kier molecular flexibility index (Phi) is 44.3. The van der Waals surface area contributed by atoms with Crippen molar-refractivity contribution in [1.82, 2.24) is 118 Å². The van der Waals surface area contributed by atoms with Gasteiger partial charge in [-0.3, -0.25) is 36.5 Å². The summed E-state index contributed by atoms with van der Waals surface area (Å²) in [5.41, 5.74) is 8.65. The average Bonchev–Trinajstić information content (AvgIpc) is 1.92. The first-order chi connectivity index (χ1) is 49.4. The molecule has 0 radical (unpaired) electrons. The van der Waals surface area contributed by atoms with Gasteiger partial charge in [0.1, 0.15) is 101 Å². The minimum absolute atomic E-state index is 0. The van der Waals surface area contributed by atoms with Gasteiger partial charge in [0.15, 0.2) is 0 Å². The third kappa shape index (κ3) is 33.4. The fourth-order valence-corrected chi connectivity index (χ4v) is 7.47. The number of hydrogen-bond donors (Lipinski definition) is 0. The smallest absolute Gasteiger partial charge is 0.753 e. The molecular formula is C68H56Fe2N28S4. The molecular weight excluding hydrogens is 1450 g/mol. The Morgan fingerprint density at radius 2 is 0.235 bits per heavy atom. The van der Waals surface area contributed by atoms with Crippen molar-refractivity contribution in [2.24, 2.45) is 0 Å². The van der Waals surface area contributed by atoms with Crippen LogP contribution in [0.25, 0.3) is 67.1 Å². The second kappa shape index (κ2) is 54.2. The van der Waals surface area contributed by atoms with Gasteiger partial charge in [-0.25, -0.2) is 0 Å². The zero-order chi connectivity index (χ0) is 71.0. The van der Waals surface area contributed by atoms with Crippen LogP contribution in [0.4, 0.5) is 0 Å². The van der Waals surface area contributed by atoms with Crippen LogP contribution in [-0.2, 0) is 34.1 Å². The van der Waals surface area contributed by atoms with Crippen molar-refractivity contribution >= 4 is 69.5 Å². The van der Waals surface area contributed by atoms with Gasteiger partial charge in [-0.05, 0) is 97.1 Å². The van der Waals surface area contributed by atoms with E-state index < -0.39 is 0 Å². The van der Waals surface area contributed by atoms with E-state index in [1.165, 1.54) is 20.6 Å². The molecule has 34 heteroatoms. The van der Waals surface area contributed by atoms with Crippen molar-refractivity contribution in [3.8, 4) is 45.5 Å². The van der Waals surface area contributed by atoms with E-state index in [1.807, 2.05) is 279 Å². The van der Waals surface area contributed by atoms with Crippen molar-refractivity contribution in [3.05, 3.63) is 366 Å². The fourth-order valence-electron chi connectivity index (χ4n) is 7.47. The van der Waals surface area contributed by atoms with Gasteiger partial charge in [0.2, 0.25) is 0 Å². The van der Waals surface area contributed by atoms with Crippen molar-refractivity contribution in [2.75, 3.05) is 0 Å². The third-order valence-corrected chi connectivity index (χ3v) is 11.8. The van der Waals surface area contributed by atoms with Crippen LogP contribution in [0.1, 0.15) is 0 Å². The third-order valence-electron chi connectivity index (χ3n) is 11.8. The van der Waals surface area contributed by atoms with Crippen LogP contribution in [0.3, 0.4) is 0 Å². The Morgan fingerprint density at radius 3 is 0.304 bits per heavy atom. The molecule has 508 valence electrons. The molecule has 8 aromatic carbocycles. The molecule has 16 rings (SSSR count). The number of aromatic nitrogens is 24. The molecule has 8 heterocycles. The van der Waals surface area contributed by atoms with Crippen LogP contribution in [-0.4, -0.2) is 139 Å². The summed E-state index contributed by atoms with van der Waals surface area (Å²) in [5.74, 6) is 0. The molecule has 0 atom stereocenters. The summed E-state index contributed by atoms with van der Waals surface area (Å²) in [7, 11) is 0. The molecule has 0 saturated carbocycles. The number of rotatable bonds is 8. The van der Waals surface area contributed by atoms with E-state index in [0.717, 1.165) is 45.5 Å². The summed E-state index contributed by atoms with van der Waals surface area (Å²) in [6.45, 7) is 0. The summed E-state index contributed by atoms with van der Waals surface area (Å²) in [6, 6.07) is 79.6. The molecule has 0 spiro atoms. The zero-order valence-corrected chi connectivity index (χ0v) is 58.7. The predicted molar refractivity (Wildman–Crippen MR) is 395 cm³/mol. The van der Waals surface area contributed by atoms with Gasteiger partial charge in [-0.15, -0.1) is 81.6 Å². The first kappa shape index (κ1) is 83.3. The maximum absolute atomic E-state index is 7.13. The second-order valence-corrected chi connectivity index (χ2v) is 18.7. The number of para-hydroxylation sites is 8. The van der Waals surface area contributed by atoms with Gasteiger partial charge < -0.3 is 21.6 Å². The van der Waals surface area contributed by atoms with E-state index in [4.69, 9.17) is 21.6 Å². The van der Waals surface area contributed by atoms with Crippen molar-refractivity contribution in [2.45, 2.75) is 0 Å². The molecule has 0 amide bonds. The minimum atomic E-state index is 0. The topological polar surface area (TPSA) is 335 Å². The fraction of sp³-hybridized carbons (Fsp3) is 0. The Hall–Kier alpha value is -12.9. The van der Waals surface area contributed by atoms with Gasteiger partial charge in [-0.1, -0.05) is 194 Å².